The maximum Gasteiger partial charge on any atom is 0.273 e. The van der Waals surface area contributed by atoms with E-state index in [9.17, 15) is 4.79 Å². The third-order valence-electron chi connectivity index (χ3n) is 3.48. The van der Waals surface area contributed by atoms with Crippen LogP contribution in [0.3, 0.4) is 0 Å². The predicted molar refractivity (Wildman–Crippen MR) is 87.6 cm³/mol. The Balaban J connectivity index is 0.00000176. The summed E-state index contributed by atoms with van der Waals surface area (Å²) < 4.78 is 5.23. The van der Waals surface area contributed by atoms with Gasteiger partial charge in [-0.05, 0) is 31.5 Å². The van der Waals surface area contributed by atoms with Crippen molar-refractivity contribution in [3.05, 3.63) is 41.0 Å². The maximum atomic E-state index is 12.1. The van der Waals surface area contributed by atoms with E-state index < -0.39 is 0 Å². The van der Waals surface area contributed by atoms with Crippen molar-refractivity contribution >= 4 is 29.9 Å². The monoisotopic (exact) mass is 341 g/mol. The van der Waals surface area contributed by atoms with Crippen LogP contribution in [0.2, 0.25) is 5.02 Å². The fourth-order valence-corrected chi connectivity index (χ4v) is 2.58. The minimum absolute atomic E-state index is 0. The van der Waals surface area contributed by atoms with Crippen LogP contribution in [-0.4, -0.2) is 30.2 Å². The first-order valence-corrected chi connectivity index (χ1v) is 7.34. The molecule has 1 atom stereocenters. The topological polar surface area (TPSA) is 67.2 Å². The first-order valence-electron chi connectivity index (χ1n) is 6.96. The molecule has 1 aliphatic rings. The van der Waals surface area contributed by atoms with E-state index in [1.807, 2.05) is 12.1 Å². The summed E-state index contributed by atoms with van der Waals surface area (Å²) in [7, 11) is 0. The number of nitrogens with one attached hydrogen (secondary N) is 2. The molecule has 118 valence electrons. The fourth-order valence-electron chi connectivity index (χ4n) is 2.39. The Labute approximate surface area is 139 Å². The van der Waals surface area contributed by atoms with Crippen LogP contribution < -0.4 is 10.6 Å². The zero-order valence-electron chi connectivity index (χ0n) is 11.8. The normalized spacial score (nSPS) is 17.6. The summed E-state index contributed by atoms with van der Waals surface area (Å²) in [4.78, 5) is 12.1. The van der Waals surface area contributed by atoms with Gasteiger partial charge < -0.3 is 15.2 Å². The third kappa shape index (κ3) is 4.00. The Morgan fingerprint density at radius 2 is 2.27 bits per heavy atom. The first-order chi connectivity index (χ1) is 10.2. The Morgan fingerprint density at radius 3 is 3.00 bits per heavy atom. The molecular weight excluding hydrogens is 325 g/mol. The lowest BCUT2D eigenvalue weighted by Gasteiger charge is -2.23. The molecule has 0 aliphatic carbocycles. The molecule has 5 nitrogen and oxygen atoms in total. The van der Waals surface area contributed by atoms with Crippen molar-refractivity contribution < 1.29 is 9.32 Å². The summed E-state index contributed by atoms with van der Waals surface area (Å²) >= 11 is 5.94. The highest BCUT2D eigenvalue weighted by Gasteiger charge is 2.19. The molecular formula is C15H17Cl2N3O2. The van der Waals surface area contributed by atoms with Gasteiger partial charge in [0.25, 0.3) is 5.91 Å². The molecule has 0 radical (unpaired) electrons. The van der Waals surface area contributed by atoms with Gasteiger partial charge in [-0.3, -0.25) is 4.79 Å². The quantitative estimate of drug-likeness (QED) is 0.900. The van der Waals surface area contributed by atoms with Crippen LogP contribution in [0.5, 0.6) is 0 Å². The molecule has 1 fully saturated rings. The van der Waals surface area contributed by atoms with Crippen molar-refractivity contribution in [2.75, 3.05) is 13.1 Å². The summed E-state index contributed by atoms with van der Waals surface area (Å²) in [6.45, 7) is 1.81. The molecule has 2 heterocycles. The van der Waals surface area contributed by atoms with E-state index in [4.69, 9.17) is 16.1 Å². The predicted octanol–water partition coefficient (Wildman–Crippen LogP) is 2.90. The molecule has 0 saturated carbocycles. The number of rotatable bonds is 3. The van der Waals surface area contributed by atoms with E-state index in [1.165, 1.54) is 0 Å². The summed E-state index contributed by atoms with van der Waals surface area (Å²) in [5.41, 5.74) is 1.09. The van der Waals surface area contributed by atoms with Crippen LogP contribution in [-0.2, 0) is 0 Å². The number of piperidine rings is 1. The highest BCUT2D eigenvalue weighted by Crippen LogP contribution is 2.23. The zero-order chi connectivity index (χ0) is 14.7. The SMILES string of the molecule is Cl.O=C(N[C@H]1CCCNC1)c1cc(-c2cccc(Cl)c2)on1. The number of aromatic nitrogens is 1. The molecule has 1 aromatic carbocycles. The number of hydrogen-bond acceptors (Lipinski definition) is 4. The van der Waals surface area contributed by atoms with E-state index in [1.54, 1.807) is 18.2 Å². The van der Waals surface area contributed by atoms with Gasteiger partial charge in [0.05, 0.1) is 0 Å². The number of carbonyl (C=O) groups excluding carboxylic acids is 1. The molecule has 2 aromatic rings. The number of nitrogens with zero attached hydrogens (tertiary/aromatic N) is 1. The maximum absolute atomic E-state index is 12.1. The van der Waals surface area contributed by atoms with Crippen LogP contribution in [0.25, 0.3) is 11.3 Å². The molecule has 1 aliphatic heterocycles. The van der Waals surface area contributed by atoms with E-state index in [0.29, 0.717) is 10.8 Å². The van der Waals surface area contributed by atoms with Crippen LogP contribution in [0.4, 0.5) is 0 Å². The van der Waals surface area contributed by atoms with Crippen molar-refractivity contribution in [2.45, 2.75) is 18.9 Å². The van der Waals surface area contributed by atoms with Crippen LogP contribution in [0.15, 0.2) is 34.9 Å². The van der Waals surface area contributed by atoms with Gasteiger partial charge in [0.15, 0.2) is 11.5 Å². The average molecular weight is 342 g/mol. The molecule has 3 rings (SSSR count). The van der Waals surface area contributed by atoms with Gasteiger partial charge in [0, 0.05) is 29.2 Å². The highest BCUT2D eigenvalue weighted by molar-refractivity contribution is 6.30. The Bertz CT molecular complexity index is 639. The van der Waals surface area contributed by atoms with Gasteiger partial charge in [-0.1, -0.05) is 28.9 Å². The zero-order valence-corrected chi connectivity index (χ0v) is 13.4. The largest absolute Gasteiger partial charge is 0.355 e. The number of benzene rings is 1. The molecule has 0 bridgehead atoms. The second-order valence-electron chi connectivity index (χ2n) is 5.10. The second kappa shape index (κ2) is 7.63. The fraction of sp³-hybridized carbons (Fsp3) is 0.333. The summed E-state index contributed by atoms with van der Waals surface area (Å²) in [6.07, 6.45) is 2.05. The van der Waals surface area contributed by atoms with Crippen LogP contribution >= 0.6 is 24.0 Å². The van der Waals surface area contributed by atoms with Gasteiger partial charge in [-0.15, -0.1) is 12.4 Å². The van der Waals surface area contributed by atoms with E-state index in [0.717, 1.165) is 31.5 Å². The summed E-state index contributed by atoms with van der Waals surface area (Å²) in [5, 5.41) is 10.7. The minimum Gasteiger partial charge on any atom is -0.355 e. The standard InChI is InChI=1S/C15H16ClN3O2.ClH/c16-11-4-1-3-10(7-11)14-8-13(19-21-14)15(20)18-12-5-2-6-17-9-12;/h1,3-4,7-8,12,17H,2,5-6,9H2,(H,18,20);1H/t12-;/m0./s1. The van der Waals surface area contributed by atoms with Gasteiger partial charge in [0.2, 0.25) is 0 Å². The third-order valence-corrected chi connectivity index (χ3v) is 3.72. The Hall–Kier alpha value is -1.56. The summed E-state index contributed by atoms with van der Waals surface area (Å²) in [6, 6.07) is 9.03. The van der Waals surface area contributed by atoms with Crippen molar-refractivity contribution in [3.8, 4) is 11.3 Å². The van der Waals surface area contributed by atoms with Crippen molar-refractivity contribution in [2.24, 2.45) is 0 Å². The first kappa shape index (κ1) is 16.8. The van der Waals surface area contributed by atoms with Crippen LogP contribution in [0.1, 0.15) is 23.3 Å². The van der Waals surface area contributed by atoms with E-state index >= 15 is 0 Å². The molecule has 1 saturated heterocycles. The molecule has 1 amide bonds. The Morgan fingerprint density at radius 1 is 1.41 bits per heavy atom. The van der Waals surface area contributed by atoms with Gasteiger partial charge in [-0.2, -0.15) is 0 Å². The van der Waals surface area contributed by atoms with Crippen molar-refractivity contribution in [1.82, 2.24) is 15.8 Å². The van der Waals surface area contributed by atoms with Gasteiger partial charge in [-0.25, -0.2) is 0 Å². The molecule has 0 unspecified atom stereocenters. The Kier molecular flexibility index (Phi) is 5.83. The molecule has 1 aromatic heterocycles. The van der Waals surface area contributed by atoms with Crippen molar-refractivity contribution in [3.63, 3.8) is 0 Å². The molecule has 7 heteroatoms. The minimum atomic E-state index is -0.208. The van der Waals surface area contributed by atoms with Crippen molar-refractivity contribution in [1.29, 1.82) is 0 Å². The molecule has 0 spiro atoms. The van der Waals surface area contributed by atoms with E-state index in [-0.39, 0.29) is 30.0 Å². The second-order valence-corrected chi connectivity index (χ2v) is 5.54. The van der Waals surface area contributed by atoms with E-state index in [2.05, 4.69) is 15.8 Å². The van der Waals surface area contributed by atoms with Crippen LogP contribution in [0, 0.1) is 0 Å². The molecule has 2 N–H and O–H groups in total. The number of hydrogen-bond donors (Lipinski definition) is 2. The number of amides is 1. The lowest BCUT2D eigenvalue weighted by molar-refractivity contribution is 0.0921. The highest BCUT2D eigenvalue weighted by atomic mass is 35.5. The number of carbonyl (C=O) groups is 1. The average Bonchev–Trinajstić information content (AvgIpc) is 2.98. The lowest BCUT2D eigenvalue weighted by Crippen LogP contribution is -2.45. The molecule has 22 heavy (non-hydrogen) atoms. The van der Waals surface area contributed by atoms with Gasteiger partial charge in [0.1, 0.15) is 0 Å². The van der Waals surface area contributed by atoms with Gasteiger partial charge >= 0.3 is 0 Å². The number of halogens is 2. The smallest absolute Gasteiger partial charge is 0.273 e. The summed E-state index contributed by atoms with van der Waals surface area (Å²) in [5.74, 6) is 0.324. The lowest BCUT2D eigenvalue weighted by atomic mass is 10.1.